The number of aromatic nitrogens is 4. The fraction of sp³-hybridized carbons (Fsp3) is 0.182. The fourth-order valence-electron chi connectivity index (χ4n) is 3.00. The summed E-state index contributed by atoms with van der Waals surface area (Å²) in [5, 5.41) is 15.4. The van der Waals surface area contributed by atoms with Crippen LogP contribution in [0, 0.1) is 13.8 Å². The van der Waals surface area contributed by atoms with E-state index in [2.05, 4.69) is 46.5 Å². The second kappa shape index (κ2) is 9.62. The first-order chi connectivity index (χ1) is 15.3. The molecule has 2 aromatic carbocycles. The molecule has 0 bridgehead atoms. The molecule has 0 saturated heterocycles. The number of hydrogen-bond donors (Lipinski definition) is 1. The Morgan fingerprint density at radius 2 is 1.94 bits per heavy atom. The molecule has 6 nitrogen and oxygen atoms in total. The molecule has 0 aliphatic rings. The molecule has 32 heavy (non-hydrogen) atoms. The zero-order valence-electron chi connectivity index (χ0n) is 17.5. The van der Waals surface area contributed by atoms with Crippen molar-refractivity contribution in [2.45, 2.75) is 19.0 Å². The van der Waals surface area contributed by atoms with Gasteiger partial charge in [-0.1, -0.05) is 47.1 Å². The molecule has 2 heterocycles. The highest BCUT2D eigenvalue weighted by molar-refractivity contribution is 7.99. The van der Waals surface area contributed by atoms with Gasteiger partial charge in [-0.25, -0.2) is 4.98 Å². The van der Waals surface area contributed by atoms with Crippen molar-refractivity contribution < 1.29 is 4.79 Å². The predicted molar refractivity (Wildman–Crippen MR) is 133 cm³/mol. The lowest BCUT2D eigenvalue weighted by Gasteiger charge is -2.06. The number of nitrogens with zero attached hydrogens (tertiary/aromatic N) is 4. The summed E-state index contributed by atoms with van der Waals surface area (Å²) >= 11 is 14.9. The summed E-state index contributed by atoms with van der Waals surface area (Å²) in [4.78, 5) is 17.0. The van der Waals surface area contributed by atoms with E-state index in [9.17, 15) is 4.79 Å². The molecule has 0 saturated carbocycles. The maximum Gasteiger partial charge on any atom is 0.236 e. The summed E-state index contributed by atoms with van der Waals surface area (Å²) in [6, 6.07) is 11.4. The molecule has 1 N–H and O–H groups in total. The van der Waals surface area contributed by atoms with Gasteiger partial charge in [0.1, 0.15) is 0 Å². The normalized spacial score (nSPS) is 11.0. The van der Waals surface area contributed by atoms with Crippen LogP contribution in [0.1, 0.15) is 11.1 Å². The highest BCUT2D eigenvalue weighted by Crippen LogP contribution is 2.31. The Balaban J connectivity index is 1.39. The number of aryl methyl sites for hydroxylation is 2. The van der Waals surface area contributed by atoms with Gasteiger partial charge in [-0.2, -0.15) is 0 Å². The summed E-state index contributed by atoms with van der Waals surface area (Å²) in [5.41, 5.74) is 5.05. The molecule has 0 atom stereocenters. The van der Waals surface area contributed by atoms with E-state index in [0.29, 0.717) is 26.2 Å². The fourth-order valence-corrected chi connectivity index (χ4v) is 4.94. The molecule has 0 spiro atoms. The molecule has 1 amide bonds. The zero-order chi connectivity index (χ0) is 22.8. The van der Waals surface area contributed by atoms with Crippen molar-refractivity contribution in [3.8, 4) is 22.6 Å². The average molecular weight is 504 g/mol. The Morgan fingerprint density at radius 3 is 2.69 bits per heavy atom. The molecule has 4 rings (SSSR count). The van der Waals surface area contributed by atoms with Crippen LogP contribution in [-0.4, -0.2) is 31.4 Å². The van der Waals surface area contributed by atoms with Crippen LogP contribution in [0.3, 0.4) is 0 Å². The highest BCUT2D eigenvalue weighted by Gasteiger charge is 2.16. The molecule has 0 aliphatic carbocycles. The van der Waals surface area contributed by atoms with Gasteiger partial charge in [-0.05, 0) is 49.2 Å². The molecule has 0 fully saturated rings. The van der Waals surface area contributed by atoms with E-state index in [4.69, 9.17) is 23.2 Å². The van der Waals surface area contributed by atoms with Crippen LogP contribution in [0.25, 0.3) is 22.6 Å². The molecule has 10 heteroatoms. The third-order valence-corrected chi connectivity index (χ3v) is 7.22. The van der Waals surface area contributed by atoms with Gasteiger partial charge in [0.25, 0.3) is 0 Å². The number of nitrogens with one attached hydrogen (secondary N) is 1. The van der Waals surface area contributed by atoms with Crippen molar-refractivity contribution in [3.63, 3.8) is 0 Å². The third-order valence-electron chi connectivity index (χ3n) is 4.89. The van der Waals surface area contributed by atoms with Crippen LogP contribution in [0.2, 0.25) is 10.0 Å². The lowest BCUT2D eigenvalue weighted by molar-refractivity contribution is -0.113. The number of halogens is 2. The SMILES string of the molecule is Cc1ccc(-c2csc(NC(=O)CSc3nnc(-c4ccc(Cl)cc4Cl)n3C)n2)cc1C. The summed E-state index contributed by atoms with van der Waals surface area (Å²) < 4.78 is 1.80. The predicted octanol–water partition coefficient (Wildman–Crippen LogP) is 6.26. The molecule has 0 aliphatic heterocycles. The largest absolute Gasteiger partial charge is 0.305 e. The number of amides is 1. The molecule has 2 aromatic heterocycles. The lowest BCUT2D eigenvalue weighted by Crippen LogP contribution is -2.14. The Morgan fingerprint density at radius 1 is 1.12 bits per heavy atom. The minimum absolute atomic E-state index is 0.162. The Kier molecular flexibility index (Phi) is 6.85. The van der Waals surface area contributed by atoms with Crippen LogP contribution < -0.4 is 5.32 Å². The van der Waals surface area contributed by atoms with Gasteiger partial charge in [0.15, 0.2) is 16.1 Å². The van der Waals surface area contributed by atoms with Crippen molar-refractivity contribution >= 4 is 57.3 Å². The highest BCUT2D eigenvalue weighted by atomic mass is 35.5. The Hall–Kier alpha value is -2.39. The molecule has 0 unspecified atom stereocenters. The molecule has 0 radical (unpaired) electrons. The van der Waals surface area contributed by atoms with Gasteiger partial charge in [0.2, 0.25) is 5.91 Å². The second-order valence-corrected chi connectivity index (χ2v) is 9.81. The minimum Gasteiger partial charge on any atom is -0.305 e. The van der Waals surface area contributed by atoms with Crippen LogP contribution in [0.4, 0.5) is 5.13 Å². The smallest absolute Gasteiger partial charge is 0.236 e. The Labute approximate surface area is 204 Å². The number of rotatable bonds is 6. The van der Waals surface area contributed by atoms with Gasteiger partial charge >= 0.3 is 0 Å². The van der Waals surface area contributed by atoms with E-state index in [1.165, 1.54) is 34.2 Å². The van der Waals surface area contributed by atoms with Crippen LogP contribution >= 0.6 is 46.3 Å². The number of hydrogen-bond acceptors (Lipinski definition) is 6. The van der Waals surface area contributed by atoms with Crippen LogP contribution in [0.15, 0.2) is 46.9 Å². The van der Waals surface area contributed by atoms with Gasteiger partial charge < -0.3 is 9.88 Å². The van der Waals surface area contributed by atoms with Gasteiger partial charge in [0.05, 0.1) is 16.5 Å². The molecule has 4 aromatic rings. The zero-order valence-corrected chi connectivity index (χ0v) is 20.7. The monoisotopic (exact) mass is 503 g/mol. The summed E-state index contributed by atoms with van der Waals surface area (Å²) in [6.07, 6.45) is 0. The number of benzene rings is 2. The van der Waals surface area contributed by atoms with Crippen molar-refractivity contribution in [2.75, 3.05) is 11.1 Å². The molecular weight excluding hydrogens is 485 g/mol. The van der Waals surface area contributed by atoms with E-state index in [0.717, 1.165) is 16.8 Å². The van der Waals surface area contributed by atoms with Crippen molar-refractivity contribution in [1.82, 2.24) is 19.7 Å². The van der Waals surface area contributed by atoms with Crippen molar-refractivity contribution in [1.29, 1.82) is 0 Å². The first kappa shape index (κ1) is 22.8. The Bertz CT molecular complexity index is 1300. The van der Waals surface area contributed by atoms with Crippen molar-refractivity contribution in [2.24, 2.45) is 7.05 Å². The van der Waals surface area contributed by atoms with Crippen LogP contribution in [-0.2, 0) is 11.8 Å². The summed E-state index contributed by atoms with van der Waals surface area (Å²) in [5.74, 6) is 0.622. The summed E-state index contributed by atoms with van der Waals surface area (Å²) in [7, 11) is 1.83. The quantitative estimate of drug-likeness (QED) is 0.314. The number of thiazole rings is 1. The number of carbonyl (C=O) groups excluding carboxylic acids is 1. The van der Waals surface area contributed by atoms with Gasteiger partial charge in [-0.15, -0.1) is 21.5 Å². The average Bonchev–Trinajstić information content (AvgIpc) is 3.35. The van der Waals surface area contributed by atoms with E-state index < -0.39 is 0 Å². The van der Waals surface area contributed by atoms with Gasteiger partial charge in [-0.3, -0.25) is 4.79 Å². The molecule has 164 valence electrons. The standard InChI is InChI=1S/C22H19Cl2N5OS2/c1-12-4-5-14(8-13(12)2)18-10-31-21(25-18)26-19(30)11-32-22-28-27-20(29(22)3)16-7-6-15(23)9-17(16)24/h4-10H,11H2,1-3H3,(H,25,26,30). The summed E-state index contributed by atoms with van der Waals surface area (Å²) in [6.45, 7) is 4.15. The van der Waals surface area contributed by atoms with Gasteiger partial charge in [0, 0.05) is 28.6 Å². The number of thioether (sulfide) groups is 1. The minimum atomic E-state index is -0.162. The maximum atomic E-state index is 12.5. The van der Waals surface area contributed by atoms with E-state index in [-0.39, 0.29) is 11.7 Å². The first-order valence-electron chi connectivity index (χ1n) is 9.62. The van der Waals surface area contributed by atoms with Crippen LogP contribution in [0.5, 0.6) is 0 Å². The maximum absolute atomic E-state index is 12.5. The number of carbonyl (C=O) groups is 1. The van der Waals surface area contributed by atoms with E-state index >= 15 is 0 Å². The molecular formula is C22H19Cl2N5OS2. The topological polar surface area (TPSA) is 72.7 Å². The van der Waals surface area contributed by atoms with E-state index in [1.54, 1.807) is 22.8 Å². The third kappa shape index (κ3) is 4.99. The second-order valence-electron chi connectivity index (χ2n) is 7.16. The van der Waals surface area contributed by atoms with Crippen molar-refractivity contribution in [3.05, 3.63) is 63.0 Å². The lowest BCUT2D eigenvalue weighted by atomic mass is 10.1. The van der Waals surface area contributed by atoms with E-state index in [1.807, 2.05) is 18.5 Å². The number of anilines is 1. The first-order valence-corrected chi connectivity index (χ1v) is 12.2.